The number of rotatable bonds is 7. The minimum atomic E-state index is -2.57. The quantitative estimate of drug-likeness (QED) is 0.567. The Morgan fingerprint density at radius 2 is 1.50 bits per heavy atom. The molecular formula is C23H31NO3Si. The molecule has 0 spiro atoms. The predicted octanol–water partition coefficient (Wildman–Crippen LogP) is 3.99. The summed E-state index contributed by atoms with van der Waals surface area (Å²) in [6.07, 6.45) is 0.715. The highest BCUT2D eigenvalue weighted by atomic mass is 28.4. The summed E-state index contributed by atoms with van der Waals surface area (Å²) in [6, 6.07) is 21.0. The fourth-order valence-electron chi connectivity index (χ4n) is 3.65. The number of carbonyl (C=O) groups is 1. The number of primary amides is 1. The number of ether oxygens (including phenoxy) is 1. The molecule has 0 aliphatic rings. The molecule has 0 heterocycles. The highest BCUT2D eigenvalue weighted by molar-refractivity contribution is 6.99. The normalized spacial score (nSPS) is 13.8. The molecule has 2 N–H and O–H groups in total. The van der Waals surface area contributed by atoms with Gasteiger partial charge in [-0.2, -0.15) is 0 Å². The van der Waals surface area contributed by atoms with E-state index in [1.54, 1.807) is 6.92 Å². The fourth-order valence-corrected chi connectivity index (χ4v) is 8.25. The Balaban J connectivity index is 2.45. The lowest BCUT2D eigenvalue weighted by Crippen LogP contribution is -2.66. The van der Waals surface area contributed by atoms with Crippen molar-refractivity contribution in [3.8, 4) is 0 Å². The van der Waals surface area contributed by atoms with Crippen LogP contribution in [0.15, 0.2) is 72.3 Å². The number of carbonyl (C=O) groups excluding carboxylic acids is 1. The van der Waals surface area contributed by atoms with E-state index in [1.165, 1.54) is 10.4 Å². The van der Waals surface area contributed by atoms with Crippen LogP contribution in [-0.2, 0) is 9.16 Å². The van der Waals surface area contributed by atoms with Gasteiger partial charge in [0.1, 0.15) is 6.10 Å². The van der Waals surface area contributed by atoms with Crippen LogP contribution in [0.3, 0.4) is 0 Å². The first kappa shape index (κ1) is 21.9. The lowest BCUT2D eigenvalue weighted by molar-refractivity contribution is 0.136. The standard InChI is InChI=1S/C23H31NO3Si/c1-18(16-19(2)27-22(24)25)17-26-28(23(3,4)5,20-12-8-6-9-13-20)21-14-10-7-11-15-21/h6-16,19H,17H2,1-5H3,(H2,24,25)/b18-16+/t19-/m0/s1. The zero-order valence-corrected chi connectivity index (χ0v) is 18.4. The van der Waals surface area contributed by atoms with Crippen molar-refractivity contribution in [1.29, 1.82) is 0 Å². The molecule has 0 aliphatic carbocycles. The summed E-state index contributed by atoms with van der Waals surface area (Å²) in [5.41, 5.74) is 6.11. The molecule has 0 aromatic heterocycles. The van der Waals surface area contributed by atoms with Crippen LogP contribution in [0.1, 0.15) is 34.6 Å². The maximum atomic E-state index is 11.0. The zero-order chi connectivity index (χ0) is 20.8. The highest BCUT2D eigenvalue weighted by Gasteiger charge is 2.50. The maximum Gasteiger partial charge on any atom is 0.405 e. The molecule has 2 rings (SSSR count). The van der Waals surface area contributed by atoms with E-state index in [0.717, 1.165) is 5.57 Å². The molecular weight excluding hydrogens is 366 g/mol. The highest BCUT2D eigenvalue weighted by Crippen LogP contribution is 2.36. The van der Waals surface area contributed by atoms with Crippen LogP contribution < -0.4 is 16.1 Å². The van der Waals surface area contributed by atoms with Gasteiger partial charge in [-0.25, -0.2) is 4.79 Å². The lowest BCUT2D eigenvalue weighted by atomic mass is 10.2. The van der Waals surface area contributed by atoms with Crippen LogP contribution >= 0.6 is 0 Å². The molecule has 0 fully saturated rings. The summed E-state index contributed by atoms with van der Waals surface area (Å²) in [5, 5.41) is 2.40. The van der Waals surface area contributed by atoms with Crippen molar-refractivity contribution in [3.05, 3.63) is 72.3 Å². The van der Waals surface area contributed by atoms with Gasteiger partial charge in [0.25, 0.3) is 8.32 Å². The predicted molar refractivity (Wildman–Crippen MR) is 117 cm³/mol. The Labute approximate surface area is 169 Å². The van der Waals surface area contributed by atoms with E-state index in [0.29, 0.717) is 6.61 Å². The second-order valence-corrected chi connectivity index (χ2v) is 12.4. The van der Waals surface area contributed by atoms with Crippen LogP contribution in [0.4, 0.5) is 4.79 Å². The van der Waals surface area contributed by atoms with Gasteiger partial charge in [0.05, 0.1) is 6.61 Å². The smallest absolute Gasteiger partial charge is 0.405 e. The number of hydrogen-bond donors (Lipinski definition) is 1. The number of nitrogens with two attached hydrogens (primary N) is 1. The molecule has 0 saturated heterocycles. The average molecular weight is 398 g/mol. The summed E-state index contributed by atoms with van der Waals surface area (Å²) < 4.78 is 11.8. The molecule has 1 atom stereocenters. The number of hydrogen-bond acceptors (Lipinski definition) is 3. The van der Waals surface area contributed by atoms with Crippen molar-refractivity contribution < 1.29 is 14.0 Å². The summed E-state index contributed by atoms with van der Waals surface area (Å²) in [7, 11) is -2.57. The van der Waals surface area contributed by atoms with Crippen molar-refractivity contribution in [2.24, 2.45) is 5.73 Å². The molecule has 1 amide bonds. The molecule has 0 unspecified atom stereocenters. The minimum absolute atomic E-state index is 0.0780. The van der Waals surface area contributed by atoms with Gasteiger partial charge in [-0.3, -0.25) is 0 Å². The number of benzene rings is 2. The molecule has 4 nitrogen and oxygen atoms in total. The molecule has 0 aliphatic heterocycles. The van der Waals surface area contributed by atoms with E-state index in [9.17, 15) is 4.79 Å². The summed E-state index contributed by atoms with van der Waals surface area (Å²) >= 11 is 0. The van der Waals surface area contributed by atoms with Crippen molar-refractivity contribution >= 4 is 24.8 Å². The summed E-state index contributed by atoms with van der Waals surface area (Å²) in [4.78, 5) is 11.0. The molecule has 0 bridgehead atoms. The van der Waals surface area contributed by atoms with Crippen LogP contribution in [0.25, 0.3) is 0 Å². The Morgan fingerprint density at radius 1 is 1.04 bits per heavy atom. The van der Waals surface area contributed by atoms with Crippen LogP contribution in [-0.4, -0.2) is 27.1 Å². The minimum Gasteiger partial charge on any atom is -0.442 e. The van der Waals surface area contributed by atoms with Gasteiger partial charge in [-0.05, 0) is 40.9 Å². The topological polar surface area (TPSA) is 61.5 Å². The lowest BCUT2D eigenvalue weighted by Gasteiger charge is -2.43. The van der Waals surface area contributed by atoms with E-state index in [1.807, 2.05) is 25.1 Å². The third-order valence-electron chi connectivity index (χ3n) is 4.75. The second kappa shape index (κ2) is 9.21. The Kier molecular flexibility index (Phi) is 7.21. The van der Waals surface area contributed by atoms with Gasteiger partial charge in [-0.1, -0.05) is 81.4 Å². The van der Waals surface area contributed by atoms with Crippen molar-refractivity contribution in [3.63, 3.8) is 0 Å². The van der Waals surface area contributed by atoms with Gasteiger partial charge in [0, 0.05) is 0 Å². The summed E-state index contributed by atoms with van der Waals surface area (Å²) in [5.74, 6) is 0. The maximum absolute atomic E-state index is 11.0. The molecule has 0 saturated carbocycles. The third kappa shape index (κ3) is 5.12. The largest absolute Gasteiger partial charge is 0.442 e. The molecule has 5 heteroatoms. The SMILES string of the molecule is C/C(=C\[C@H](C)OC(N)=O)CO[Si](c1ccccc1)(c1ccccc1)C(C)(C)C. The first-order valence-corrected chi connectivity index (χ1v) is 11.5. The molecule has 0 radical (unpaired) electrons. The first-order valence-electron chi connectivity index (χ1n) is 9.55. The Morgan fingerprint density at radius 3 is 1.89 bits per heavy atom. The molecule has 2 aromatic carbocycles. The van der Waals surface area contributed by atoms with Gasteiger partial charge in [0.2, 0.25) is 0 Å². The second-order valence-electron chi connectivity index (χ2n) is 8.11. The van der Waals surface area contributed by atoms with Gasteiger partial charge in [-0.15, -0.1) is 0 Å². The molecule has 150 valence electrons. The average Bonchev–Trinajstić information content (AvgIpc) is 2.62. The monoisotopic (exact) mass is 397 g/mol. The van der Waals surface area contributed by atoms with Crippen molar-refractivity contribution in [1.82, 2.24) is 0 Å². The van der Waals surface area contributed by atoms with Crippen molar-refractivity contribution in [2.45, 2.75) is 45.8 Å². The molecule has 2 aromatic rings. The third-order valence-corrected chi connectivity index (χ3v) is 9.74. The first-order chi connectivity index (χ1) is 13.2. The van der Waals surface area contributed by atoms with Crippen LogP contribution in [0, 0.1) is 0 Å². The van der Waals surface area contributed by atoms with Gasteiger partial charge < -0.3 is 14.9 Å². The van der Waals surface area contributed by atoms with Crippen LogP contribution in [0.5, 0.6) is 0 Å². The van der Waals surface area contributed by atoms with E-state index in [-0.39, 0.29) is 11.1 Å². The van der Waals surface area contributed by atoms with E-state index in [2.05, 4.69) is 69.3 Å². The molecule has 28 heavy (non-hydrogen) atoms. The van der Waals surface area contributed by atoms with E-state index in [4.69, 9.17) is 14.9 Å². The van der Waals surface area contributed by atoms with E-state index < -0.39 is 14.4 Å². The fraction of sp³-hybridized carbons (Fsp3) is 0.348. The van der Waals surface area contributed by atoms with Crippen molar-refractivity contribution in [2.75, 3.05) is 6.61 Å². The number of amides is 1. The Bertz CT molecular complexity index is 758. The Hall–Kier alpha value is -2.37. The van der Waals surface area contributed by atoms with Crippen LogP contribution in [0.2, 0.25) is 5.04 Å². The summed E-state index contributed by atoms with van der Waals surface area (Å²) in [6.45, 7) is 11.0. The van der Waals surface area contributed by atoms with Gasteiger partial charge in [0.15, 0.2) is 0 Å². The van der Waals surface area contributed by atoms with Gasteiger partial charge >= 0.3 is 6.09 Å². The zero-order valence-electron chi connectivity index (χ0n) is 17.4. The van der Waals surface area contributed by atoms with E-state index >= 15 is 0 Å².